The molecule has 2 N–H and O–H groups in total. The smallest absolute Gasteiger partial charge is 0.262 e. The van der Waals surface area contributed by atoms with Gasteiger partial charge >= 0.3 is 0 Å². The number of hydrogen-bond donors (Lipinski definition) is 2. The number of imide groups is 2. The Balaban J connectivity index is 0.804. The van der Waals surface area contributed by atoms with Crippen LogP contribution in [0.15, 0.2) is 48.8 Å². The van der Waals surface area contributed by atoms with Gasteiger partial charge in [-0.2, -0.15) is 0 Å². The van der Waals surface area contributed by atoms with Crippen LogP contribution in [0.3, 0.4) is 0 Å². The van der Waals surface area contributed by atoms with Crippen molar-refractivity contribution in [1.82, 2.24) is 25.1 Å². The number of hydrogen-bond acceptors (Lipinski definition) is 9. The van der Waals surface area contributed by atoms with Crippen molar-refractivity contribution in [2.24, 2.45) is 0 Å². The van der Waals surface area contributed by atoms with Crippen molar-refractivity contribution in [2.45, 2.75) is 57.1 Å². The quantitative estimate of drug-likeness (QED) is 0.159. The SMILES string of the molecule is O=C1CCC(N2C(=O)c3cc(F)c(N4CCC(OCCCN5CCN(c6cccc(-c7cnc8[nH]cc(CC(F)F)c8c7Cl)c6)C(=O)C5)CC4)cc3C2=O)C(=O)N1. The first-order chi connectivity index (χ1) is 27.5. The Hall–Kier alpha value is -5.32. The van der Waals surface area contributed by atoms with Gasteiger partial charge in [-0.3, -0.25) is 39.1 Å². The van der Waals surface area contributed by atoms with E-state index in [1.807, 2.05) is 29.2 Å². The van der Waals surface area contributed by atoms with Gasteiger partial charge in [0, 0.05) is 81.2 Å². The number of benzene rings is 2. The molecule has 1 unspecified atom stereocenters. The van der Waals surface area contributed by atoms with Crippen LogP contribution >= 0.6 is 11.6 Å². The van der Waals surface area contributed by atoms with Gasteiger partial charge in [-0.1, -0.05) is 23.7 Å². The van der Waals surface area contributed by atoms with E-state index in [2.05, 4.69) is 20.2 Å². The number of anilines is 2. The van der Waals surface area contributed by atoms with E-state index in [-0.39, 0.29) is 48.2 Å². The number of nitrogens with one attached hydrogen (secondary N) is 2. The van der Waals surface area contributed by atoms with E-state index in [0.29, 0.717) is 91.5 Å². The predicted molar refractivity (Wildman–Crippen MR) is 204 cm³/mol. The fraction of sp³-hybridized carbons (Fsp3) is 0.400. The highest BCUT2D eigenvalue weighted by atomic mass is 35.5. The molecule has 0 spiro atoms. The molecule has 0 radical (unpaired) electrons. The fourth-order valence-electron chi connectivity index (χ4n) is 8.20. The van der Waals surface area contributed by atoms with Crippen LogP contribution in [0, 0.1) is 5.82 Å². The largest absolute Gasteiger partial charge is 0.378 e. The number of aromatic amines is 1. The topological polar surface area (TPSA) is 148 Å². The highest BCUT2D eigenvalue weighted by Gasteiger charge is 2.45. The summed E-state index contributed by atoms with van der Waals surface area (Å²) < 4.78 is 47.9. The number of amides is 5. The van der Waals surface area contributed by atoms with Crippen molar-refractivity contribution in [3.05, 3.63) is 76.3 Å². The van der Waals surface area contributed by atoms with Crippen molar-refractivity contribution in [2.75, 3.05) is 55.7 Å². The Morgan fingerprint density at radius 1 is 0.947 bits per heavy atom. The van der Waals surface area contributed by atoms with E-state index >= 15 is 4.39 Å². The number of pyridine rings is 1. The van der Waals surface area contributed by atoms with Crippen LogP contribution in [0.2, 0.25) is 5.02 Å². The zero-order valence-corrected chi connectivity index (χ0v) is 31.5. The molecule has 57 heavy (non-hydrogen) atoms. The molecular weight excluding hydrogens is 767 g/mol. The zero-order chi connectivity index (χ0) is 40.0. The first-order valence-electron chi connectivity index (χ1n) is 18.9. The van der Waals surface area contributed by atoms with Crippen molar-refractivity contribution in [3.8, 4) is 11.1 Å². The second-order valence-electron chi connectivity index (χ2n) is 14.7. The van der Waals surface area contributed by atoms with Gasteiger partial charge in [0.1, 0.15) is 17.5 Å². The van der Waals surface area contributed by atoms with Crippen molar-refractivity contribution in [1.29, 1.82) is 0 Å². The lowest BCUT2D eigenvalue weighted by Gasteiger charge is -2.35. The molecule has 4 aliphatic heterocycles. The van der Waals surface area contributed by atoms with Crippen LogP contribution < -0.4 is 15.1 Å². The lowest BCUT2D eigenvalue weighted by Crippen LogP contribution is -2.54. The predicted octanol–water partition coefficient (Wildman–Crippen LogP) is 4.96. The Morgan fingerprint density at radius 3 is 2.46 bits per heavy atom. The molecule has 2 aromatic carbocycles. The second kappa shape index (κ2) is 15.9. The molecule has 0 aliphatic carbocycles. The number of halogens is 4. The number of rotatable bonds is 11. The molecule has 4 aliphatic rings. The molecule has 13 nitrogen and oxygen atoms in total. The van der Waals surface area contributed by atoms with Gasteiger partial charge in [0.2, 0.25) is 24.1 Å². The van der Waals surface area contributed by atoms with E-state index < -0.39 is 48.3 Å². The minimum Gasteiger partial charge on any atom is -0.378 e. The second-order valence-corrected chi connectivity index (χ2v) is 15.1. The maximum atomic E-state index is 15.3. The van der Waals surface area contributed by atoms with Crippen LogP contribution in [-0.4, -0.2) is 114 Å². The van der Waals surface area contributed by atoms with Gasteiger partial charge in [-0.25, -0.2) is 18.2 Å². The summed E-state index contributed by atoms with van der Waals surface area (Å²) in [6.45, 7) is 3.48. The summed E-state index contributed by atoms with van der Waals surface area (Å²) in [5, 5.41) is 2.94. The van der Waals surface area contributed by atoms with E-state index in [1.54, 1.807) is 11.1 Å². The molecule has 3 saturated heterocycles. The molecule has 8 rings (SSSR count). The third kappa shape index (κ3) is 7.60. The fourth-order valence-corrected chi connectivity index (χ4v) is 8.57. The molecule has 5 amide bonds. The maximum absolute atomic E-state index is 15.3. The van der Waals surface area contributed by atoms with Crippen molar-refractivity contribution >= 4 is 63.5 Å². The Kier molecular flexibility index (Phi) is 10.8. The number of fused-ring (bicyclic) bond motifs is 2. The molecule has 0 saturated carbocycles. The van der Waals surface area contributed by atoms with Crippen LogP contribution in [0.4, 0.5) is 24.5 Å². The van der Waals surface area contributed by atoms with Crippen molar-refractivity contribution < 1.29 is 41.9 Å². The molecule has 6 heterocycles. The molecule has 17 heteroatoms. The first-order valence-corrected chi connectivity index (χ1v) is 19.3. The van der Waals surface area contributed by atoms with E-state index in [1.165, 1.54) is 12.3 Å². The summed E-state index contributed by atoms with van der Waals surface area (Å²) in [5.41, 5.74) is 2.98. The van der Waals surface area contributed by atoms with Crippen LogP contribution in [0.5, 0.6) is 0 Å². The maximum Gasteiger partial charge on any atom is 0.262 e. The number of piperidine rings is 2. The number of carbonyl (C=O) groups excluding carboxylic acids is 5. The van der Waals surface area contributed by atoms with Crippen molar-refractivity contribution in [3.63, 3.8) is 0 Å². The standard InChI is InChI=1S/C40H39ClF3N7O6/c41-36-28(20-46-37-35(36)23(19-45-37)16-32(43)44)22-3-1-4-24(15-22)50-13-12-48(21-34(50)53)9-2-14-57-25-7-10-49(11-8-25)31-18-27-26(17-29(31)42)39(55)51(40(27)56)30-5-6-33(52)47-38(30)54/h1,3-4,15,17-20,25,30,32H,2,5-14,16,21H2,(H,45,46)(H,47,52,54). The first kappa shape index (κ1) is 38.5. The number of aromatic nitrogens is 2. The van der Waals surface area contributed by atoms with Gasteiger partial charge < -0.3 is 19.5 Å². The van der Waals surface area contributed by atoms with Gasteiger partial charge in [0.15, 0.2) is 0 Å². The molecule has 298 valence electrons. The third-order valence-corrected chi connectivity index (χ3v) is 11.5. The third-order valence-electron chi connectivity index (χ3n) is 11.1. The summed E-state index contributed by atoms with van der Waals surface area (Å²) >= 11 is 6.74. The molecule has 4 aromatic rings. The van der Waals surface area contributed by atoms with Crippen LogP contribution in [0.1, 0.15) is 58.4 Å². The number of alkyl halides is 2. The number of H-pyrrole nitrogens is 1. The molecule has 1 atom stereocenters. The van der Waals surface area contributed by atoms with Crippen LogP contribution in [0.25, 0.3) is 22.2 Å². The minimum absolute atomic E-state index is 0.00396. The van der Waals surface area contributed by atoms with Gasteiger partial charge in [0.25, 0.3) is 11.8 Å². The van der Waals surface area contributed by atoms with Gasteiger partial charge in [-0.05, 0) is 61.1 Å². The normalized spacial score (nSPS) is 19.7. The number of carbonyl (C=O) groups is 5. The average Bonchev–Trinajstić information content (AvgIpc) is 3.70. The summed E-state index contributed by atoms with van der Waals surface area (Å²) in [6, 6.07) is 8.69. The summed E-state index contributed by atoms with van der Waals surface area (Å²) in [7, 11) is 0. The summed E-state index contributed by atoms with van der Waals surface area (Å²) in [4.78, 5) is 77.3. The van der Waals surface area contributed by atoms with E-state index in [0.717, 1.165) is 16.5 Å². The summed E-state index contributed by atoms with van der Waals surface area (Å²) in [5.74, 6) is -3.32. The monoisotopic (exact) mass is 805 g/mol. The number of piperazine rings is 1. The molecule has 0 bridgehead atoms. The Labute approximate surface area is 330 Å². The number of nitrogens with zero attached hydrogens (tertiary/aromatic N) is 5. The molecular formula is C40H39ClF3N7O6. The Morgan fingerprint density at radius 2 is 1.72 bits per heavy atom. The lowest BCUT2D eigenvalue weighted by molar-refractivity contribution is -0.136. The average molecular weight is 806 g/mol. The van der Waals surface area contributed by atoms with Gasteiger partial charge in [-0.15, -0.1) is 0 Å². The summed E-state index contributed by atoms with van der Waals surface area (Å²) in [6.07, 6.45) is 2.06. The molecule has 2 aromatic heterocycles. The zero-order valence-electron chi connectivity index (χ0n) is 30.7. The minimum atomic E-state index is -2.53. The van der Waals surface area contributed by atoms with E-state index in [4.69, 9.17) is 16.3 Å². The number of ether oxygens (including phenoxy) is 1. The highest BCUT2D eigenvalue weighted by Crippen LogP contribution is 2.37. The lowest BCUT2D eigenvalue weighted by atomic mass is 10.0. The Bertz CT molecular complexity index is 2280. The molecule has 3 fully saturated rings. The van der Waals surface area contributed by atoms with E-state index in [9.17, 15) is 32.8 Å². The highest BCUT2D eigenvalue weighted by molar-refractivity contribution is 6.38. The van der Waals surface area contributed by atoms with Crippen LogP contribution in [-0.2, 0) is 25.5 Å². The van der Waals surface area contributed by atoms with Gasteiger partial charge in [0.05, 0.1) is 34.5 Å².